The van der Waals surface area contributed by atoms with Crippen LogP contribution in [-0.4, -0.2) is 13.4 Å². The highest BCUT2D eigenvalue weighted by molar-refractivity contribution is 7.93. The van der Waals surface area contributed by atoms with Crippen molar-refractivity contribution >= 4 is 9.84 Å². The van der Waals surface area contributed by atoms with Gasteiger partial charge in [-0.1, -0.05) is 63.2 Å². The third-order valence-electron chi connectivity index (χ3n) is 4.52. The predicted octanol–water partition coefficient (Wildman–Crippen LogP) is 4.61. The highest BCUT2D eigenvalue weighted by Gasteiger charge is 2.66. The van der Waals surface area contributed by atoms with Crippen LogP contribution >= 0.6 is 0 Å². The molecule has 0 unspecified atom stereocenters. The van der Waals surface area contributed by atoms with Crippen LogP contribution in [0, 0.1) is 0 Å². The van der Waals surface area contributed by atoms with Gasteiger partial charge in [-0.05, 0) is 28.7 Å². The lowest BCUT2D eigenvalue weighted by molar-refractivity contribution is 0.392. The molecule has 2 aromatic carbocycles. The maximum absolute atomic E-state index is 15.1. The van der Waals surface area contributed by atoms with Gasteiger partial charge in [-0.3, -0.25) is 0 Å². The fourth-order valence-corrected chi connectivity index (χ4v) is 4.70. The Bertz CT molecular complexity index is 805. The zero-order chi connectivity index (χ0) is 16.9. The molecular weight excluding hydrogens is 311 g/mol. The topological polar surface area (TPSA) is 34.1 Å². The van der Waals surface area contributed by atoms with Crippen molar-refractivity contribution < 1.29 is 12.8 Å². The summed E-state index contributed by atoms with van der Waals surface area (Å²) in [4.78, 5) is 0.0521. The number of halogens is 1. The molecule has 2 aromatic rings. The van der Waals surface area contributed by atoms with Crippen molar-refractivity contribution in [1.29, 1.82) is 0 Å². The van der Waals surface area contributed by atoms with Crippen LogP contribution < -0.4 is 0 Å². The van der Waals surface area contributed by atoms with E-state index in [1.54, 1.807) is 18.2 Å². The largest absolute Gasteiger partial charge is 0.225 e. The van der Waals surface area contributed by atoms with Crippen LogP contribution in [0.3, 0.4) is 0 Å². The minimum absolute atomic E-state index is 0.0188. The Morgan fingerprint density at radius 3 is 2.09 bits per heavy atom. The van der Waals surface area contributed by atoms with Crippen LogP contribution in [0.4, 0.5) is 4.39 Å². The van der Waals surface area contributed by atoms with Crippen molar-refractivity contribution in [1.82, 2.24) is 0 Å². The average Bonchev–Trinajstić information content (AvgIpc) is 3.21. The summed E-state index contributed by atoms with van der Waals surface area (Å²) in [6, 6.07) is 15.5. The number of hydrogen-bond donors (Lipinski definition) is 0. The first kappa shape index (κ1) is 16.2. The highest BCUT2D eigenvalue weighted by atomic mass is 32.2. The molecule has 0 aliphatic heterocycles. The molecule has 0 heterocycles. The molecule has 23 heavy (non-hydrogen) atoms. The van der Waals surface area contributed by atoms with Crippen LogP contribution in [0.25, 0.3) is 0 Å². The van der Waals surface area contributed by atoms with E-state index in [-0.39, 0.29) is 16.7 Å². The summed E-state index contributed by atoms with van der Waals surface area (Å²) in [6.45, 7) is 6.33. The standard InChI is InChI=1S/C19H21FO2S/c1-18(2,3)15-11-9-14(10-12-15)17-13-19(17,20)23(21,22)16-7-5-4-6-8-16/h4-12,17H,13H2,1-3H3/t17-,19+/m0/s1. The fraction of sp³-hybridized carbons (Fsp3) is 0.368. The second-order valence-corrected chi connectivity index (χ2v) is 9.39. The van der Waals surface area contributed by atoms with Crippen LogP contribution in [0.2, 0.25) is 0 Å². The predicted molar refractivity (Wildman–Crippen MR) is 90.0 cm³/mol. The molecule has 122 valence electrons. The Kier molecular flexibility index (Phi) is 3.64. The van der Waals surface area contributed by atoms with Gasteiger partial charge >= 0.3 is 0 Å². The Labute approximate surface area is 137 Å². The normalized spacial score (nSPS) is 24.4. The first-order valence-corrected chi connectivity index (χ1v) is 9.23. The van der Waals surface area contributed by atoms with Crippen molar-refractivity contribution in [3.8, 4) is 0 Å². The van der Waals surface area contributed by atoms with Crippen molar-refractivity contribution in [2.45, 2.75) is 48.4 Å². The molecule has 0 N–H and O–H groups in total. The molecule has 4 heteroatoms. The van der Waals surface area contributed by atoms with Crippen LogP contribution in [-0.2, 0) is 15.3 Å². The monoisotopic (exact) mass is 332 g/mol. The van der Waals surface area contributed by atoms with Gasteiger partial charge in [0.1, 0.15) is 0 Å². The molecule has 0 bridgehead atoms. The molecule has 2 atom stereocenters. The van der Waals surface area contributed by atoms with Gasteiger partial charge in [0, 0.05) is 12.3 Å². The summed E-state index contributed by atoms with van der Waals surface area (Å²) in [6.07, 6.45) is 0.0269. The maximum Gasteiger partial charge on any atom is 0.222 e. The second-order valence-electron chi connectivity index (χ2n) is 7.23. The van der Waals surface area contributed by atoms with Crippen molar-refractivity contribution in [3.63, 3.8) is 0 Å². The van der Waals surface area contributed by atoms with Gasteiger partial charge in [-0.25, -0.2) is 12.8 Å². The van der Waals surface area contributed by atoms with Crippen LogP contribution in [0.5, 0.6) is 0 Å². The molecule has 0 spiro atoms. The molecule has 0 radical (unpaired) electrons. The third kappa shape index (κ3) is 2.69. The highest BCUT2D eigenvalue weighted by Crippen LogP contribution is 2.59. The van der Waals surface area contributed by atoms with Crippen molar-refractivity contribution in [3.05, 3.63) is 65.7 Å². The van der Waals surface area contributed by atoms with Crippen molar-refractivity contribution in [2.24, 2.45) is 0 Å². The van der Waals surface area contributed by atoms with E-state index in [1.165, 1.54) is 12.1 Å². The average molecular weight is 332 g/mol. The van der Waals surface area contributed by atoms with Crippen molar-refractivity contribution in [2.75, 3.05) is 0 Å². The summed E-state index contributed by atoms with van der Waals surface area (Å²) in [5.74, 6) is -0.582. The number of sulfone groups is 1. The quantitative estimate of drug-likeness (QED) is 0.822. The van der Waals surface area contributed by atoms with Crippen LogP contribution in [0.15, 0.2) is 59.5 Å². The lowest BCUT2D eigenvalue weighted by atomic mass is 9.86. The zero-order valence-corrected chi connectivity index (χ0v) is 14.4. The maximum atomic E-state index is 15.1. The first-order valence-electron chi connectivity index (χ1n) is 7.75. The molecule has 1 aliphatic rings. The lowest BCUT2D eigenvalue weighted by Crippen LogP contribution is -2.20. The number of alkyl halides is 1. The number of rotatable bonds is 3. The Morgan fingerprint density at radius 2 is 1.57 bits per heavy atom. The molecule has 1 fully saturated rings. The Hall–Kier alpha value is -1.68. The second kappa shape index (κ2) is 5.17. The van der Waals surface area contributed by atoms with Gasteiger partial charge in [-0.15, -0.1) is 0 Å². The number of benzene rings is 2. The van der Waals surface area contributed by atoms with Gasteiger partial charge in [0.05, 0.1) is 4.90 Å². The van der Waals surface area contributed by atoms with Gasteiger partial charge in [0.2, 0.25) is 14.8 Å². The molecule has 2 nitrogen and oxygen atoms in total. The fourth-order valence-electron chi connectivity index (χ4n) is 2.89. The summed E-state index contributed by atoms with van der Waals surface area (Å²) in [7, 11) is -3.97. The van der Waals surface area contributed by atoms with E-state index in [4.69, 9.17) is 0 Å². The van der Waals surface area contributed by atoms with E-state index < -0.39 is 20.8 Å². The van der Waals surface area contributed by atoms with Gasteiger partial charge < -0.3 is 0 Å². The molecule has 0 amide bonds. The molecule has 3 rings (SSSR count). The number of hydrogen-bond acceptors (Lipinski definition) is 2. The SMILES string of the molecule is CC(C)(C)c1ccc([C@@H]2C[C@@]2(F)S(=O)(=O)c2ccccc2)cc1. The van der Waals surface area contributed by atoms with Gasteiger partial charge in [-0.2, -0.15) is 0 Å². The molecular formula is C19H21FO2S. The molecule has 1 aliphatic carbocycles. The van der Waals surface area contributed by atoms with Crippen LogP contribution in [0.1, 0.15) is 44.2 Å². The van der Waals surface area contributed by atoms with E-state index in [0.717, 1.165) is 11.1 Å². The Balaban J connectivity index is 1.88. The van der Waals surface area contributed by atoms with Gasteiger partial charge in [0.25, 0.3) is 0 Å². The van der Waals surface area contributed by atoms with E-state index in [2.05, 4.69) is 20.8 Å². The molecule has 0 saturated heterocycles. The third-order valence-corrected chi connectivity index (χ3v) is 6.76. The molecule has 1 saturated carbocycles. The molecule has 0 aromatic heterocycles. The smallest absolute Gasteiger partial charge is 0.222 e. The summed E-state index contributed by atoms with van der Waals surface area (Å²) in [5, 5.41) is -2.18. The lowest BCUT2D eigenvalue weighted by Gasteiger charge is -2.19. The summed E-state index contributed by atoms with van der Waals surface area (Å²) >= 11 is 0. The van der Waals surface area contributed by atoms with E-state index in [9.17, 15) is 8.42 Å². The first-order chi connectivity index (χ1) is 10.7. The van der Waals surface area contributed by atoms with E-state index in [1.807, 2.05) is 24.3 Å². The minimum atomic E-state index is -3.97. The minimum Gasteiger partial charge on any atom is -0.225 e. The van der Waals surface area contributed by atoms with Gasteiger partial charge in [0.15, 0.2) is 0 Å². The summed E-state index contributed by atoms with van der Waals surface area (Å²) in [5.41, 5.74) is 1.92. The van der Waals surface area contributed by atoms with E-state index >= 15 is 4.39 Å². The van der Waals surface area contributed by atoms with E-state index in [0.29, 0.717) is 0 Å². The summed E-state index contributed by atoms with van der Waals surface area (Å²) < 4.78 is 40.2. The Morgan fingerprint density at radius 1 is 1.00 bits per heavy atom. The zero-order valence-electron chi connectivity index (χ0n) is 13.6.